The van der Waals surface area contributed by atoms with Gasteiger partial charge in [-0.3, -0.25) is 4.79 Å². The van der Waals surface area contributed by atoms with E-state index in [0.29, 0.717) is 0 Å². The number of likely N-dealkylation sites (tertiary alicyclic amines) is 1. The van der Waals surface area contributed by atoms with Gasteiger partial charge in [-0.05, 0) is 19.8 Å². The van der Waals surface area contributed by atoms with Crippen molar-refractivity contribution in [3.8, 4) is 0 Å². The van der Waals surface area contributed by atoms with Gasteiger partial charge in [0.2, 0.25) is 5.91 Å². The molecule has 0 aliphatic carbocycles. The smallest absolute Gasteiger partial charge is 0.231 e. The van der Waals surface area contributed by atoms with Crippen LogP contribution < -0.4 is 0 Å². The molecule has 70 valence electrons. The molecule has 3 heteroatoms. The third-order valence-corrected chi connectivity index (χ3v) is 2.96. The van der Waals surface area contributed by atoms with E-state index >= 15 is 0 Å². The van der Waals surface area contributed by atoms with Crippen molar-refractivity contribution in [2.75, 3.05) is 19.7 Å². The Kier molecular flexibility index (Phi) is 2.73. The molecule has 1 saturated heterocycles. The molecule has 1 fully saturated rings. The zero-order chi connectivity index (χ0) is 9.19. The SMILES string of the molecule is CCN1CCC(CC)(CO)C1=O. The highest BCUT2D eigenvalue weighted by atomic mass is 16.3. The molecule has 1 N–H and O–H groups in total. The zero-order valence-electron chi connectivity index (χ0n) is 7.84. The Labute approximate surface area is 73.4 Å². The lowest BCUT2D eigenvalue weighted by Gasteiger charge is -2.23. The summed E-state index contributed by atoms with van der Waals surface area (Å²) in [6.45, 7) is 5.51. The summed E-state index contributed by atoms with van der Waals surface area (Å²) >= 11 is 0. The summed E-state index contributed by atoms with van der Waals surface area (Å²) in [6, 6.07) is 0. The molecule has 1 amide bonds. The first kappa shape index (κ1) is 9.52. The van der Waals surface area contributed by atoms with Crippen molar-refractivity contribution < 1.29 is 9.90 Å². The first-order valence-electron chi connectivity index (χ1n) is 4.60. The topological polar surface area (TPSA) is 40.5 Å². The minimum atomic E-state index is -0.448. The highest BCUT2D eigenvalue weighted by molar-refractivity contribution is 5.84. The second-order valence-corrected chi connectivity index (χ2v) is 3.43. The van der Waals surface area contributed by atoms with E-state index in [9.17, 15) is 4.79 Å². The van der Waals surface area contributed by atoms with E-state index in [4.69, 9.17) is 5.11 Å². The van der Waals surface area contributed by atoms with Gasteiger partial charge in [-0.25, -0.2) is 0 Å². The number of nitrogens with zero attached hydrogens (tertiary/aromatic N) is 1. The maximum absolute atomic E-state index is 11.7. The van der Waals surface area contributed by atoms with Gasteiger partial charge in [-0.1, -0.05) is 6.92 Å². The van der Waals surface area contributed by atoms with Crippen molar-refractivity contribution in [2.45, 2.75) is 26.7 Å². The summed E-state index contributed by atoms with van der Waals surface area (Å²) in [5.74, 6) is 0.134. The first-order valence-corrected chi connectivity index (χ1v) is 4.60. The molecular formula is C9H17NO2. The van der Waals surface area contributed by atoms with E-state index in [1.54, 1.807) is 0 Å². The van der Waals surface area contributed by atoms with Crippen LogP contribution in [-0.2, 0) is 4.79 Å². The monoisotopic (exact) mass is 171 g/mol. The van der Waals surface area contributed by atoms with Gasteiger partial charge >= 0.3 is 0 Å². The molecule has 1 aliphatic heterocycles. The normalized spacial score (nSPS) is 29.9. The van der Waals surface area contributed by atoms with Crippen LogP contribution in [0.4, 0.5) is 0 Å². The molecule has 1 heterocycles. The number of hydrogen-bond donors (Lipinski definition) is 1. The molecule has 1 unspecified atom stereocenters. The lowest BCUT2D eigenvalue weighted by molar-refractivity contribution is -0.138. The van der Waals surface area contributed by atoms with Crippen molar-refractivity contribution in [3.05, 3.63) is 0 Å². The standard InChI is InChI=1S/C9H17NO2/c1-3-9(7-11)5-6-10(4-2)8(9)12/h11H,3-7H2,1-2H3. The number of carbonyl (C=O) groups is 1. The van der Waals surface area contributed by atoms with Crippen molar-refractivity contribution in [1.82, 2.24) is 4.90 Å². The van der Waals surface area contributed by atoms with E-state index < -0.39 is 5.41 Å². The molecule has 1 atom stereocenters. The molecule has 0 bridgehead atoms. The number of rotatable bonds is 3. The molecule has 12 heavy (non-hydrogen) atoms. The fourth-order valence-corrected chi connectivity index (χ4v) is 1.78. The molecule has 0 aromatic carbocycles. The third-order valence-electron chi connectivity index (χ3n) is 2.96. The summed E-state index contributed by atoms with van der Waals surface area (Å²) in [6.07, 6.45) is 1.56. The van der Waals surface area contributed by atoms with Gasteiger partial charge in [0.1, 0.15) is 0 Å². The average Bonchev–Trinajstić information content (AvgIpc) is 2.43. The summed E-state index contributed by atoms with van der Waals surface area (Å²) in [4.78, 5) is 13.5. The number of aliphatic hydroxyl groups is 1. The second-order valence-electron chi connectivity index (χ2n) is 3.43. The second kappa shape index (κ2) is 3.44. The van der Waals surface area contributed by atoms with Gasteiger partial charge in [0.25, 0.3) is 0 Å². The van der Waals surface area contributed by atoms with E-state index in [1.807, 2.05) is 18.7 Å². The lowest BCUT2D eigenvalue weighted by atomic mass is 9.84. The molecule has 1 rings (SSSR count). The van der Waals surface area contributed by atoms with Crippen LogP contribution in [-0.4, -0.2) is 35.6 Å². The lowest BCUT2D eigenvalue weighted by Crippen LogP contribution is -2.36. The van der Waals surface area contributed by atoms with Crippen molar-refractivity contribution >= 4 is 5.91 Å². The minimum Gasteiger partial charge on any atom is -0.395 e. The Balaban J connectivity index is 2.75. The van der Waals surface area contributed by atoms with Gasteiger partial charge < -0.3 is 10.0 Å². The summed E-state index contributed by atoms with van der Waals surface area (Å²) in [5, 5.41) is 9.15. The largest absolute Gasteiger partial charge is 0.395 e. The van der Waals surface area contributed by atoms with Crippen LogP contribution in [0.15, 0.2) is 0 Å². The molecule has 1 aliphatic rings. The highest BCUT2D eigenvalue weighted by Crippen LogP contribution is 2.34. The fraction of sp³-hybridized carbons (Fsp3) is 0.889. The van der Waals surface area contributed by atoms with E-state index in [2.05, 4.69) is 0 Å². The number of hydrogen-bond acceptors (Lipinski definition) is 2. The number of amides is 1. The van der Waals surface area contributed by atoms with Crippen molar-refractivity contribution in [2.24, 2.45) is 5.41 Å². The van der Waals surface area contributed by atoms with Crippen LogP contribution in [0, 0.1) is 5.41 Å². The summed E-state index contributed by atoms with van der Waals surface area (Å²) in [5.41, 5.74) is -0.448. The quantitative estimate of drug-likeness (QED) is 0.676. The van der Waals surface area contributed by atoms with Crippen molar-refractivity contribution in [3.63, 3.8) is 0 Å². The van der Waals surface area contributed by atoms with Crippen LogP contribution in [0.2, 0.25) is 0 Å². The molecule has 0 aromatic heterocycles. The Hall–Kier alpha value is -0.570. The first-order chi connectivity index (χ1) is 5.70. The summed E-state index contributed by atoms with van der Waals surface area (Å²) < 4.78 is 0. The predicted molar refractivity (Wildman–Crippen MR) is 46.7 cm³/mol. The van der Waals surface area contributed by atoms with Gasteiger partial charge in [-0.15, -0.1) is 0 Å². The van der Waals surface area contributed by atoms with Crippen LogP contribution >= 0.6 is 0 Å². The average molecular weight is 171 g/mol. The fourth-order valence-electron chi connectivity index (χ4n) is 1.78. The summed E-state index contributed by atoms with van der Waals surface area (Å²) in [7, 11) is 0. The van der Waals surface area contributed by atoms with Crippen molar-refractivity contribution in [1.29, 1.82) is 0 Å². The molecular weight excluding hydrogens is 154 g/mol. The Morgan fingerprint density at radius 1 is 1.58 bits per heavy atom. The van der Waals surface area contributed by atoms with Gasteiger partial charge in [-0.2, -0.15) is 0 Å². The van der Waals surface area contributed by atoms with E-state index in [0.717, 1.165) is 25.9 Å². The van der Waals surface area contributed by atoms with Gasteiger partial charge in [0.15, 0.2) is 0 Å². The van der Waals surface area contributed by atoms with Crippen LogP contribution in [0.3, 0.4) is 0 Å². The molecule has 0 saturated carbocycles. The Morgan fingerprint density at radius 2 is 2.25 bits per heavy atom. The number of carbonyl (C=O) groups excluding carboxylic acids is 1. The van der Waals surface area contributed by atoms with Crippen LogP contribution in [0.1, 0.15) is 26.7 Å². The molecule has 0 radical (unpaired) electrons. The van der Waals surface area contributed by atoms with Crippen LogP contribution in [0.5, 0.6) is 0 Å². The van der Waals surface area contributed by atoms with E-state index in [-0.39, 0.29) is 12.5 Å². The molecule has 0 aromatic rings. The van der Waals surface area contributed by atoms with Gasteiger partial charge in [0.05, 0.1) is 12.0 Å². The highest BCUT2D eigenvalue weighted by Gasteiger charge is 2.43. The molecule has 3 nitrogen and oxygen atoms in total. The Bertz CT molecular complexity index is 175. The van der Waals surface area contributed by atoms with E-state index in [1.165, 1.54) is 0 Å². The minimum absolute atomic E-state index is 0.00116. The Morgan fingerprint density at radius 3 is 2.50 bits per heavy atom. The third kappa shape index (κ3) is 1.22. The predicted octanol–water partition coefficient (Wildman–Crippen LogP) is 0.627. The molecule has 0 spiro atoms. The number of aliphatic hydroxyl groups excluding tert-OH is 1. The van der Waals surface area contributed by atoms with Gasteiger partial charge in [0, 0.05) is 13.1 Å². The maximum Gasteiger partial charge on any atom is 0.231 e. The van der Waals surface area contributed by atoms with Crippen LogP contribution in [0.25, 0.3) is 0 Å². The zero-order valence-corrected chi connectivity index (χ0v) is 7.84. The maximum atomic E-state index is 11.7.